The van der Waals surface area contributed by atoms with Crippen LogP contribution in [0.4, 0.5) is 0 Å². The number of carbonyl (C=O) groups is 2. The fourth-order valence-electron chi connectivity index (χ4n) is 2.21. The van der Waals surface area contributed by atoms with Crippen molar-refractivity contribution < 1.29 is 29.3 Å². The highest BCUT2D eigenvalue weighted by Gasteiger charge is 2.48. The van der Waals surface area contributed by atoms with Gasteiger partial charge >= 0.3 is 5.97 Å². The molecule has 17 heavy (non-hydrogen) atoms. The van der Waals surface area contributed by atoms with E-state index in [9.17, 15) is 14.7 Å². The van der Waals surface area contributed by atoms with Crippen LogP contribution in [-0.2, 0) is 19.1 Å². The predicted octanol–water partition coefficient (Wildman–Crippen LogP) is 0.182. The molecule has 0 aromatic heterocycles. The lowest BCUT2D eigenvalue weighted by molar-refractivity contribution is -0.169. The molecule has 1 rings (SSSR count). The first kappa shape index (κ1) is 14.1. The number of hydrogen-bond acceptors (Lipinski definition) is 5. The minimum Gasteiger partial charge on any atom is -0.475 e. The molecule has 0 spiro atoms. The summed E-state index contributed by atoms with van der Waals surface area (Å²) in [5.41, 5.74) is -1.79. The third-order valence-electron chi connectivity index (χ3n) is 3.14. The van der Waals surface area contributed by atoms with E-state index in [2.05, 4.69) is 0 Å². The topological polar surface area (TPSA) is 93.1 Å². The Hall–Kier alpha value is -0.980. The van der Waals surface area contributed by atoms with Gasteiger partial charge in [0, 0.05) is 13.0 Å². The van der Waals surface area contributed by atoms with Crippen LogP contribution in [0.25, 0.3) is 0 Å². The van der Waals surface area contributed by atoms with Gasteiger partial charge in [-0.1, -0.05) is 12.8 Å². The number of aliphatic hydroxyl groups is 1. The van der Waals surface area contributed by atoms with Crippen molar-refractivity contribution in [1.29, 1.82) is 0 Å². The Morgan fingerprint density at radius 1 is 1.41 bits per heavy atom. The van der Waals surface area contributed by atoms with Gasteiger partial charge < -0.3 is 19.7 Å². The van der Waals surface area contributed by atoms with Crippen LogP contribution >= 0.6 is 0 Å². The summed E-state index contributed by atoms with van der Waals surface area (Å²) in [5, 5.41) is 18.9. The summed E-state index contributed by atoms with van der Waals surface area (Å²) in [6.07, 6.45) is 2.27. The van der Waals surface area contributed by atoms with Gasteiger partial charge in [0.15, 0.2) is 0 Å². The van der Waals surface area contributed by atoms with E-state index >= 15 is 0 Å². The molecule has 1 aliphatic carbocycles. The van der Waals surface area contributed by atoms with E-state index in [-0.39, 0.29) is 19.8 Å². The second-order valence-electron chi connectivity index (χ2n) is 4.28. The Balaban J connectivity index is 2.70. The van der Waals surface area contributed by atoms with Crippen LogP contribution in [0.3, 0.4) is 0 Å². The fraction of sp³-hybridized carbons (Fsp3) is 0.818. The molecular weight excluding hydrogens is 228 g/mol. The molecule has 1 saturated carbocycles. The van der Waals surface area contributed by atoms with Crippen LogP contribution in [0.2, 0.25) is 0 Å². The van der Waals surface area contributed by atoms with Gasteiger partial charge in [-0.05, 0) is 12.8 Å². The summed E-state index contributed by atoms with van der Waals surface area (Å²) in [6, 6.07) is 0. The number of rotatable bonds is 6. The van der Waals surface area contributed by atoms with Gasteiger partial charge in [-0.15, -0.1) is 0 Å². The van der Waals surface area contributed by atoms with E-state index < -0.39 is 23.3 Å². The summed E-state index contributed by atoms with van der Waals surface area (Å²) in [5.74, 6) is -3.20. The van der Waals surface area contributed by atoms with E-state index in [1.807, 2.05) is 0 Å². The van der Waals surface area contributed by atoms with Crippen molar-refractivity contribution in [2.75, 3.05) is 20.5 Å². The highest BCUT2D eigenvalue weighted by Crippen LogP contribution is 2.35. The molecule has 2 N–H and O–H groups in total. The summed E-state index contributed by atoms with van der Waals surface area (Å²) < 4.78 is 9.82. The Kier molecular flexibility index (Phi) is 5.04. The summed E-state index contributed by atoms with van der Waals surface area (Å²) in [4.78, 5) is 22.2. The molecule has 1 fully saturated rings. The maximum Gasteiger partial charge on any atom is 0.375 e. The van der Waals surface area contributed by atoms with Crippen LogP contribution in [0.1, 0.15) is 25.7 Å². The molecule has 0 aliphatic heterocycles. The van der Waals surface area contributed by atoms with Crippen LogP contribution in [-0.4, -0.2) is 48.1 Å². The second kappa shape index (κ2) is 6.09. The number of carbonyl (C=O) groups excluding carboxylic acids is 1. The molecule has 0 bridgehead atoms. The van der Waals surface area contributed by atoms with Crippen molar-refractivity contribution in [3.63, 3.8) is 0 Å². The average molecular weight is 246 g/mol. The molecule has 0 amide bonds. The third kappa shape index (κ3) is 3.24. The zero-order chi connectivity index (χ0) is 12.9. The van der Waals surface area contributed by atoms with Crippen molar-refractivity contribution in [3.05, 3.63) is 0 Å². The SMILES string of the molecule is COCOC[C@@H]1CCCC[C@]1(O)C(=O)C(=O)O. The standard InChI is InChI=1S/C11H18O6/c1-16-7-17-6-8-4-2-3-5-11(8,15)9(12)10(13)14/h8,15H,2-7H2,1H3,(H,13,14)/t8-,11+/m0/s1. The summed E-state index contributed by atoms with van der Waals surface area (Å²) >= 11 is 0. The quantitative estimate of drug-likeness (QED) is 0.394. The molecule has 0 radical (unpaired) electrons. The highest BCUT2D eigenvalue weighted by atomic mass is 16.7. The van der Waals surface area contributed by atoms with E-state index in [1.165, 1.54) is 7.11 Å². The molecule has 1 aliphatic rings. The maximum absolute atomic E-state index is 11.5. The van der Waals surface area contributed by atoms with Crippen molar-refractivity contribution in [2.24, 2.45) is 5.92 Å². The van der Waals surface area contributed by atoms with Crippen LogP contribution < -0.4 is 0 Å². The fourth-order valence-corrected chi connectivity index (χ4v) is 2.21. The Morgan fingerprint density at radius 3 is 2.71 bits per heavy atom. The van der Waals surface area contributed by atoms with Crippen LogP contribution in [0, 0.1) is 5.92 Å². The minimum atomic E-state index is -1.79. The highest BCUT2D eigenvalue weighted by molar-refractivity contribution is 6.36. The molecule has 0 saturated heterocycles. The molecule has 0 heterocycles. The predicted molar refractivity (Wildman–Crippen MR) is 57.4 cm³/mol. The first-order valence-electron chi connectivity index (χ1n) is 5.59. The molecule has 6 nitrogen and oxygen atoms in total. The third-order valence-corrected chi connectivity index (χ3v) is 3.14. The number of ketones is 1. The maximum atomic E-state index is 11.5. The largest absolute Gasteiger partial charge is 0.475 e. The molecule has 0 unspecified atom stereocenters. The molecule has 6 heteroatoms. The number of carboxylic acids is 1. The smallest absolute Gasteiger partial charge is 0.375 e. The lowest BCUT2D eigenvalue weighted by Crippen LogP contribution is -2.52. The van der Waals surface area contributed by atoms with Crippen molar-refractivity contribution in [1.82, 2.24) is 0 Å². The molecule has 2 atom stereocenters. The van der Waals surface area contributed by atoms with Crippen LogP contribution in [0.5, 0.6) is 0 Å². The number of carboxylic acid groups (broad SMARTS) is 1. The number of hydrogen-bond donors (Lipinski definition) is 2. The Labute approximate surface area is 99.5 Å². The van der Waals surface area contributed by atoms with E-state index in [0.717, 1.165) is 6.42 Å². The number of aliphatic carboxylic acids is 1. The zero-order valence-corrected chi connectivity index (χ0v) is 9.85. The Bertz CT molecular complexity index is 290. The number of methoxy groups -OCH3 is 1. The monoisotopic (exact) mass is 246 g/mol. The molecule has 0 aromatic rings. The molecule has 98 valence electrons. The van der Waals surface area contributed by atoms with Crippen molar-refractivity contribution >= 4 is 11.8 Å². The lowest BCUT2D eigenvalue weighted by Gasteiger charge is -2.37. The zero-order valence-electron chi connectivity index (χ0n) is 9.85. The van der Waals surface area contributed by atoms with Gasteiger partial charge in [-0.3, -0.25) is 4.79 Å². The van der Waals surface area contributed by atoms with Crippen LogP contribution in [0.15, 0.2) is 0 Å². The van der Waals surface area contributed by atoms with Gasteiger partial charge in [0.25, 0.3) is 5.78 Å². The normalized spacial score (nSPS) is 28.9. The van der Waals surface area contributed by atoms with Crippen molar-refractivity contribution in [2.45, 2.75) is 31.3 Å². The van der Waals surface area contributed by atoms with E-state index in [4.69, 9.17) is 14.6 Å². The first-order chi connectivity index (χ1) is 8.02. The van der Waals surface area contributed by atoms with Gasteiger partial charge in [0.05, 0.1) is 6.61 Å². The number of Topliss-reactive ketones (excluding diaryl/α,β-unsaturated/α-hetero) is 1. The van der Waals surface area contributed by atoms with E-state index in [0.29, 0.717) is 12.8 Å². The molecule has 0 aromatic carbocycles. The second-order valence-corrected chi connectivity index (χ2v) is 4.28. The van der Waals surface area contributed by atoms with Gasteiger partial charge in [-0.25, -0.2) is 4.79 Å². The Morgan fingerprint density at radius 2 is 2.12 bits per heavy atom. The first-order valence-corrected chi connectivity index (χ1v) is 5.59. The lowest BCUT2D eigenvalue weighted by atomic mass is 9.73. The number of ether oxygens (including phenoxy) is 2. The van der Waals surface area contributed by atoms with Crippen molar-refractivity contribution in [3.8, 4) is 0 Å². The van der Waals surface area contributed by atoms with Gasteiger partial charge in [-0.2, -0.15) is 0 Å². The van der Waals surface area contributed by atoms with Gasteiger partial charge in [0.2, 0.25) is 0 Å². The van der Waals surface area contributed by atoms with Gasteiger partial charge in [0.1, 0.15) is 12.4 Å². The summed E-state index contributed by atoms with van der Waals surface area (Å²) in [6.45, 7) is 0.192. The summed E-state index contributed by atoms with van der Waals surface area (Å²) in [7, 11) is 1.47. The van der Waals surface area contributed by atoms with E-state index in [1.54, 1.807) is 0 Å². The average Bonchev–Trinajstić information content (AvgIpc) is 2.31. The molecular formula is C11H18O6. The minimum absolute atomic E-state index is 0.0633.